The summed E-state index contributed by atoms with van der Waals surface area (Å²) in [5.41, 5.74) is 2.66. The zero-order valence-corrected chi connectivity index (χ0v) is 17.7. The highest BCUT2D eigenvalue weighted by Crippen LogP contribution is 2.30. The molecule has 0 saturated carbocycles. The van der Waals surface area contributed by atoms with Gasteiger partial charge in [-0.15, -0.1) is 0 Å². The number of aromatic amines is 1. The van der Waals surface area contributed by atoms with Crippen LogP contribution in [0.3, 0.4) is 0 Å². The second kappa shape index (κ2) is 8.51. The van der Waals surface area contributed by atoms with Crippen LogP contribution in [-0.4, -0.2) is 27.0 Å². The number of carboxylic acids is 1. The van der Waals surface area contributed by atoms with Gasteiger partial charge >= 0.3 is 5.97 Å². The number of anilines is 3. The van der Waals surface area contributed by atoms with E-state index in [1.807, 2.05) is 18.2 Å². The Hall–Kier alpha value is -4.98. The summed E-state index contributed by atoms with van der Waals surface area (Å²) in [6.07, 6.45) is 1.56. The van der Waals surface area contributed by atoms with Crippen molar-refractivity contribution in [3.8, 4) is 0 Å². The number of carbonyl (C=O) groups excluding carboxylic acids is 1. The van der Waals surface area contributed by atoms with Gasteiger partial charge in [-0.2, -0.15) is 0 Å². The molecule has 34 heavy (non-hydrogen) atoms. The molecule has 4 N–H and O–H groups in total. The fourth-order valence-electron chi connectivity index (χ4n) is 3.78. The number of rotatable bonds is 5. The molecule has 3 aromatic carbocycles. The second-order valence-corrected chi connectivity index (χ2v) is 7.62. The largest absolute Gasteiger partial charge is 0.478 e. The van der Waals surface area contributed by atoms with E-state index in [9.17, 15) is 19.5 Å². The number of hydrogen-bond acceptors (Lipinski definition) is 5. The van der Waals surface area contributed by atoms with Gasteiger partial charge in [-0.25, -0.2) is 9.78 Å². The molecule has 0 aliphatic carbocycles. The van der Waals surface area contributed by atoms with Crippen molar-refractivity contribution in [2.45, 2.75) is 0 Å². The lowest BCUT2D eigenvalue weighted by atomic mass is 10.0. The third kappa shape index (κ3) is 3.95. The normalized spacial score (nSPS) is 10.8. The number of nitrogens with one attached hydrogen (secondary N) is 3. The van der Waals surface area contributed by atoms with Gasteiger partial charge in [-0.3, -0.25) is 9.59 Å². The lowest BCUT2D eigenvalue weighted by Crippen LogP contribution is -2.11. The van der Waals surface area contributed by atoms with Crippen LogP contribution in [0.25, 0.3) is 21.8 Å². The summed E-state index contributed by atoms with van der Waals surface area (Å²) in [6.45, 7) is 0. The Kier molecular flexibility index (Phi) is 5.23. The number of fused-ring (bicyclic) bond motifs is 3. The summed E-state index contributed by atoms with van der Waals surface area (Å²) in [4.78, 5) is 43.3. The Morgan fingerprint density at radius 1 is 0.824 bits per heavy atom. The lowest BCUT2D eigenvalue weighted by Gasteiger charge is -2.12. The Morgan fingerprint density at radius 3 is 2.29 bits per heavy atom. The molecule has 0 unspecified atom stereocenters. The molecular formula is C26H18N4O4. The molecule has 5 rings (SSSR count). The van der Waals surface area contributed by atoms with E-state index in [0.717, 1.165) is 5.69 Å². The summed E-state index contributed by atoms with van der Waals surface area (Å²) in [6, 6.07) is 22.2. The summed E-state index contributed by atoms with van der Waals surface area (Å²) in [7, 11) is 0. The first-order valence-corrected chi connectivity index (χ1v) is 10.4. The topological polar surface area (TPSA) is 124 Å². The Bertz CT molecular complexity index is 1610. The summed E-state index contributed by atoms with van der Waals surface area (Å²) >= 11 is 0. The fourth-order valence-corrected chi connectivity index (χ4v) is 3.78. The van der Waals surface area contributed by atoms with Crippen LogP contribution in [0.4, 0.5) is 17.1 Å². The molecule has 0 aliphatic heterocycles. The molecule has 0 fully saturated rings. The minimum atomic E-state index is -1.08. The van der Waals surface area contributed by atoms with Crippen LogP contribution in [-0.2, 0) is 0 Å². The van der Waals surface area contributed by atoms with Crippen LogP contribution >= 0.6 is 0 Å². The standard InChI is InChI=1S/C26H18N4O4/c31-24(15-4-2-1-3-5-15)29-18-9-7-17(8-10-18)28-21-12-13-27-23-22(21)20-14-16(26(33)34)6-11-19(20)25(32)30-23/h1-14H,(H,29,31)(H,33,34)(H2,27,28,30,32). The molecular weight excluding hydrogens is 432 g/mol. The maximum absolute atomic E-state index is 12.5. The molecule has 8 heteroatoms. The SMILES string of the molecule is O=C(O)c1ccc2c(=O)[nH]c3nccc(Nc4ccc(NC(=O)c5ccccc5)cc4)c3c2c1. The van der Waals surface area contributed by atoms with E-state index in [-0.39, 0.29) is 17.0 Å². The van der Waals surface area contributed by atoms with Gasteiger partial charge in [-0.1, -0.05) is 18.2 Å². The van der Waals surface area contributed by atoms with Crippen molar-refractivity contribution in [1.82, 2.24) is 9.97 Å². The first-order chi connectivity index (χ1) is 16.5. The highest BCUT2D eigenvalue weighted by atomic mass is 16.4. The summed E-state index contributed by atoms with van der Waals surface area (Å²) < 4.78 is 0. The number of aromatic nitrogens is 2. The average Bonchev–Trinajstić information content (AvgIpc) is 2.85. The maximum Gasteiger partial charge on any atom is 0.335 e. The predicted octanol–water partition coefficient (Wildman–Crippen LogP) is 4.77. The molecule has 2 aromatic heterocycles. The average molecular weight is 450 g/mol. The number of amides is 1. The van der Waals surface area contributed by atoms with Crippen molar-refractivity contribution in [1.29, 1.82) is 0 Å². The van der Waals surface area contributed by atoms with Crippen molar-refractivity contribution < 1.29 is 14.7 Å². The van der Waals surface area contributed by atoms with E-state index in [4.69, 9.17) is 0 Å². The van der Waals surface area contributed by atoms with Gasteiger partial charge in [0.2, 0.25) is 0 Å². The number of H-pyrrole nitrogens is 1. The molecule has 166 valence electrons. The van der Waals surface area contributed by atoms with Crippen molar-refractivity contribution >= 4 is 50.7 Å². The van der Waals surface area contributed by atoms with Crippen molar-refractivity contribution in [3.63, 3.8) is 0 Å². The van der Waals surface area contributed by atoms with E-state index >= 15 is 0 Å². The number of carbonyl (C=O) groups is 2. The van der Waals surface area contributed by atoms with Crippen LogP contribution in [0, 0.1) is 0 Å². The van der Waals surface area contributed by atoms with Gasteiger partial charge in [0, 0.05) is 39.3 Å². The number of benzene rings is 3. The highest BCUT2D eigenvalue weighted by molar-refractivity contribution is 6.12. The third-order valence-electron chi connectivity index (χ3n) is 5.42. The second-order valence-electron chi connectivity index (χ2n) is 7.62. The minimum absolute atomic E-state index is 0.0766. The van der Waals surface area contributed by atoms with E-state index in [2.05, 4.69) is 20.6 Å². The zero-order chi connectivity index (χ0) is 23.7. The maximum atomic E-state index is 12.5. The quantitative estimate of drug-likeness (QED) is 0.286. The third-order valence-corrected chi connectivity index (χ3v) is 5.42. The lowest BCUT2D eigenvalue weighted by molar-refractivity contribution is 0.0697. The van der Waals surface area contributed by atoms with Gasteiger partial charge < -0.3 is 20.7 Å². The molecule has 1 amide bonds. The fraction of sp³-hybridized carbons (Fsp3) is 0. The van der Waals surface area contributed by atoms with Gasteiger partial charge in [-0.05, 0) is 60.7 Å². The Balaban J connectivity index is 1.49. The van der Waals surface area contributed by atoms with Crippen molar-refractivity contribution in [2.75, 3.05) is 10.6 Å². The number of nitrogens with zero attached hydrogens (tertiary/aromatic N) is 1. The van der Waals surface area contributed by atoms with E-state index < -0.39 is 5.97 Å². The molecule has 2 heterocycles. The van der Waals surface area contributed by atoms with Crippen LogP contribution in [0.1, 0.15) is 20.7 Å². The molecule has 5 aromatic rings. The number of aromatic carboxylic acids is 1. The van der Waals surface area contributed by atoms with Crippen LogP contribution in [0.2, 0.25) is 0 Å². The molecule has 0 radical (unpaired) electrons. The predicted molar refractivity (Wildman–Crippen MR) is 131 cm³/mol. The number of pyridine rings is 2. The molecule has 0 bridgehead atoms. The van der Waals surface area contributed by atoms with Crippen LogP contribution in [0.5, 0.6) is 0 Å². The van der Waals surface area contributed by atoms with Gasteiger partial charge in [0.25, 0.3) is 11.5 Å². The van der Waals surface area contributed by atoms with Gasteiger partial charge in [0.1, 0.15) is 5.65 Å². The van der Waals surface area contributed by atoms with Crippen molar-refractivity contribution in [3.05, 3.63) is 107 Å². The van der Waals surface area contributed by atoms with E-state index in [1.54, 1.807) is 48.7 Å². The minimum Gasteiger partial charge on any atom is -0.478 e. The van der Waals surface area contributed by atoms with E-state index in [1.165, 1.54) is 18.2 Å². The smallest absolute Gasteiger partial charge is 0.335 e. The van der Waals surface area contributed by atoms with Crippen LogP contribution < -0.4 is 16.2 Å². The molecule has 8 nitrogen and oxygen atoms in total. The highest BCUT2D eigenvalue weighted by Gasteiger charge is 2.13. The van der Waals surface area contributed by atoms with Crippen LogP contribution in [0.15, 0.2) is 89.9 Å². The van der Waals surface area contributed by atoms with Gasteiger partial charge in [0.15, 0.2) is 0 Å². The number of carboxylic acid groups (broad SMARTS) is 1. The monoisotopic (exact) mass is 450 g/mol. The van der Waals surface area contributed by atoms with Crippen molar-refractivity contribution in [2.24, 2.45) is 0 Å². The van der Waals surface area contributed by atoms with E-state index in [0.29, 0.717) is 38.7 Å². The van der Waals surface area contributed by atoms with Gasteiger partial charge in [0.05, 0.1) is 11.3 Å². The first kappa shape index (κ1) is 20.9. The number of hydrogen-bond donors (Lipinski definition) is 4. The molecule has 0 spiro atoms. The summed E-state index contributed by atoms with van der Waals surface area (Å²) in [5, 5.41) is 17.0. The first-order valence-electron chi connectivity index (χ1n) is 10.4. The summed E-state index contributed by atoms with van der Waals surface area (Å²) in [5.74, 6) is -1.28. The molecule has 0 atom stereocenters. The Morgan fingerprint density at radius 2 is 1.56 bits per heavy atom. The molecule has 0 aliphatic rings. The molecule has 0 saturated heterocycles. The zero-order valence-electron chi connectivity index (χ0n) is 17.7. The Labute approximate surface area is 192 Å².